The minimum Gasteiger partial charge on any atom is -0.481 e. The number of halogens is 1. The van der Waals surface area contributed by atoms with Crippen LogP contribution in [-0.4, -0.2) is 17.1 Å². The fourth-order valence-electron chi connectivity index (χ4n) is 2.94. The third kappa shape index (κ3) is 3.33. The van der Waals surface area contributed by atoms with Crippen LogP contribution in [0.3, 0.4) is 0 Å². The minimum atomic E-state index is -0.320. The van der Waals surface area contributed by atoms with Crippen LogP contribution in [0.15, 0.2) is 67.0 Å². The maximum absolute atomic E-state index is 13.2. The van der Waals surface area contributed by atoms with Crippen molar-refractivity contribution in [2.75, 3.05) is 12.4 Å². The van der Waals surface area contributed by atoms with E-state index < -0.39 is 0 Å². The molecule has 0 spiro atoms. The van der Waals surface area contributed by atoms with Crippen molar-refractivity contribution >= 4 is 22.3 Å². The molecule has 0 atom stereocenters. The molecule has 1 N–H and O–H groups in total. The lowest BCUT2D eigenvalue weighted by Crippen LogP contribution is -1.97. The molecule has 0 bridgehead atoms. The second kappa shape index (κ2) is 7.33. The monoisotopic (exact) mass is 370 g/mol. The molecule has 2 aromatic carbocycles. The first kappa shape index (κ1) is 17.4. The number of benzene rings is 2. The Hall–Kier alpha value is -3.98. The van der Waals surface area contributed by atoms with Gasteiger partial charge in [0.25, 0.3) is 0 Å². The average molecular weight is 370 g/mol. The summed E-state index contributed by atoms with van der Waals surface area (Å²) in [4.78, 5) is 8.62. The number of hydrogen-bond acceptors (Lipinski definition) is 5. The molecule has 5 nitrogen and oxygen atoms in total. The Morgan fingerprint density at radius 3 is 2.43 bits per heavy atom. The number of nitrogens with zero attached hydrogens (tertiary/aromatic N) is 3. The van der Waals surface area contributed by atoms with Crippen molar-refractivity contribution < 1.29 is 9.13 Å². The highest BCUT2D eigenvalue weighted by Gasteiger charge is 2.11. The summed E-state index contributed by atoms with van der Waals surface area (Å²) in [5, 5.41) is 13.5. The molecule has 0 unspecified atom stereocenters. The molecule has 136 valence electrons. The van der Waals surface area contributed by atoms with Crippen LogP contribution < -0.4 is 10.1 Å². The van der Waals surface area contributed by atoms with Gasteiger partial charge in [-0.1, -0.05) is 6.07 Å². The molecular formula is C22H15FN4O. The second-order valence-corrected chi connectivity index (χ2v) is 6.11. The first-order chi connectivity index (χ1) is 13.7. The third-order valence-corrected chi connectivity index (χ3v) is 4.38. The molecule has 0 saturated carbocycles. The zero-order valence-corrected chi connectivity index (χ0v) is 15.0. The SMILES string of the molecule is COc1ccc(-c2ccc3ncc(C#N)c(Nc4ccc(F)cc4)c3c2)cn1. The van der Waals surface area contributed by atoms with Gasteiger partial charge in [0.1, 0.15) is 11.9 Å². The summed E-state index contributed by atoms with van der Waals surface area (Å²) < 4.78 is 18.3. The second-order valence-electron chi connectivity index (χ2n) is 6.11. The number of pyridine rings is 2. The Balaban J connectivity index is 1.83. The van der Waals surface area contributed by atoms with E-state index >= 15 is 0 Å². The summed E-state index contributed by atoms with van der Waals surface area (Å²) in [7, 11) is 1.57. The van der Waals surface area contributed by atoms with E-state index in [0.717, 1.165) is 22.0 Å². The molecule has 0 aliphatic heterocycles. The molecule has 4 rings (SSSR count). The van der Waals surface area contributed by atoms with Crippen molar-refractivity contribution in [2.24, 2.45) is 0 Å². The molecular weight excluding hydrogens is 355 g/mol. The predicted molar refractivity (Wildman–Crippen MR) is 106 cm³/mol. The summed E-state index contributed by atoms with van der Waals surface area (Å²) >= 11 is 0. The van der Waals surface area contributed by atoms with Gasteiger partial charge in [-0.3, -0.25) is 4.98 Å². The number of nitriles is 1. The van der Waals surface area contributed by atoms with Crippen molar-refractivity contribution in [1.29, 1.82) is 5.26 Å². The first-order valence-corrected chi connectivity index (χ1v) is 8.54. The number of anilines is 2. The smallest absolute Gasteiger partial charge is 0.212 e. The Labute approximate surface area is 161 Å². The van der Waals surface area contributed by atoms with Crippen LogP contribution in [0.1, 0.15) is 5.56 Å². The standard InChI is InChI=1S/C22H15FN4O/c1-28-21-9-3-15(12-26-21)14-2-8-20-19(10-14)22(16(11-24)13-25-20)27-18-6-4-17(23)5-7-18/h2-10,12-13H,1H3,(H,25,27). The Morgan fingerprint density at radius 1 is 0.964 bits per heavy atom. The van der Waals surface area contributed by atoms with Gasteiger partial charge in [-0.05, 0) is 48.0 Å². The number of fused-ring (bicyclic) bond motifs is 1. The van der Waals surface area contributed by atoms with Crippen LogP contribution in [0.4, 0.5) is 15.8 Å². The maximum atomic E-state index is 13.2. The van der Waals surface area contributed by atoms with Crippen LogP contribution >= 0.6 is 0 Å². The van der Waals surface area contributed by atoms with Crippen LogP contribution in [0.5, 0.6) is 5.88 Å². The van der Waals surface area contributed by atoms with E-state index in [1.54, 1.807) is 31.5 Å². The zero-order valence-electron chi connectivity index (χ0n) is 15.0. The van der Waals surface area contributed by atoms with Crippen molar-refractivity contribution in [3.8, 4) is 23.1 Å². The summed E-state index contributed by atoms with van der Waals surface area (Å²) in [6.45, 7) is 0. The zero-order chi connectivity index (χ0) is 19.5. The number of ether oxygens (including phenoxy) is 1. The lowest BCUT2D eigenvalue weighted by Gasteiger charge is -2.13. The molecule has 0 fully saturated rings. The van der Waals surface area contributed by atoms with E-state index in [-0.39, 0.29) is 5.82 Å². The normalized spacial score (nSPS) is 10.5. The predicted octanol–water partition coefficient (Wildman–Crippen LogP) is 5.06. The topological polar surface area (TPSA) is 70.8 Å². The van der Waals surface area contributed by atoms with Crippen molar-refractivity contribution in [1.82, 2.24) is 9.97 Å². The van der Waals surface area contributed by atoms with Crippen molar-refractivity contribution in [2.45, 2.75) is 0 Å². The van der Waals surface area contributed by atoms with Crippen molar-refractivity contribution in [3.05, 3.63) is 78.4 Å². The minimum absolute atomic E-state index is 0.320. The number of hydrogen-bond donors (Lipinski definition) is 1. The lowest BCUT2D eigenvalue weighted by molar-refractivity contribution is 0.398. The summed E-state index contributed by atoms with van der Waals surface area (Å²) in [5.74, 6) is 0.219. The Bertz CT molecular complexity index is 1180. The molecule has 0 aliphatic rings. The Kier molecular flexibility index (Phi) is 4.56. The van der Waals surface area contributed by atoms with E-state index in [9.17, 15) is 9.65 Å². The van der Waals surface area contributed by atoms with Gasteiger partial charge in [0, 0.05) is 35.1 Å². The molecule has 4 aromatic rings. The summed E-state index contributed by atoms with van der Waals surface area (Å²) in [6.07, 6.45) is 3.26. The molecule has 0 saturated heterocycles. The van der Waals surface area contributed by atoms with Gasteiger partial charge in [0.05, 0.1) is 23.9 Å². The number of nitrogens with one attached hydrogen (secondary N) is 1. The molecule has 0 radical (unpaired) electrons. The fraction of sp³-hybridized carbons (Fsp3) is 0.0455. The third-order valence-electron chi connectivity index (χ3n) is 4.38. The van der Waals surface area contributed by atoms with Gasteiger partial charge in [-0.2, -0.15) is 5.26 Å². The van der Waals surface area contributed by atoms with E-state index in [2.05, 4.69) is 21.4 Å². The van der Waals surface area contributed by atoms with Crippen LogP contribution in [0, 0.1) is 17.1 Å². The van der Waals surface area contributed by atoms with E-state index in [4.69, 9.17) is 4.74 Å². The molecule has 2 heterocycles. The van der Waals surface area contributed by atoms with E-state index in [0.29, 0.717) is 22.8 Å². The van der Waals surface area contributed by atoms with Gasteiger partial charge in [-0.25, -0.2) is 9.37 Å². The van der Waals surface area contributed by atoms with Gasteiger partial charge < -0.3 is 10.1 Å². The maximum Gasteiger partial charge on any atom is 0.212 e. The summed E-state index contributed by atoms with van der Waals surface area (Å²) in [6, 6.07) is 17.7. The van der Waals surface area contributed by atoms with Gasteiger partial charge >= 0.3 is 0 Å². The van der Waals surface area contributed by atoms with Gasteiger partial charge in [-0.15, -0.1) is 0 Å². The number of aromatic nitrogens is 2. The molecule has 0 aliphatic carbocycles. The highest BCUT2D eigenvalue weighted by Crippen LogP contribution is 2.32. The number of rotatable bonds is 4. The molecule has 28 heavy (non-hydrogen) atoms. The van der Waals surface area contributed by atoms with E-state index in [1.807, 2.05) is 24.3 Å². The quantitative estimate of drug-likeness (QED) is 0.544. The number of methoxy groups -OCH3 is 1. The molecule has 0 amide bonds. The first-order valence-electron chi connectivity index (χ1n) is 8.54. The van der Waals surface area contributed by atoms with Crippen LogP contribution in [0.25, 0.3) is 22.0 Å². The van der Waals surface area contributed by atoms with E-state index in [1.165, 1.54) is 18.3 Å². The highest BCUT2D eigenvalue weighted by atomic mass is 19.1. The van der Waals surface area contributed by atoms with Crippen LogP contribution in [-0.2, 0) is 0 Å². The molecule has 2 aromatic heterocycles. The Morgan fingerprint density at radius 2 is 1.75 bits per heavy atom. The van der Waals surface area contributed by atoms with Crippen LogP contribution in [0.2, 0.25) is 0 Å². The highest BCUT2D eigenvalue weighted by molar-refractivity contribution is 5.98. The van der Waals surface area contributed by atoms with Crippen molar-refractivity contribution in [3.63, 3.8) is 0 Å². The fourth-order valence-corrected chi connectivity index (χ4v) is 2.94. The summed E-state index contributed by atoms with van der Waals surface area (Å²) in [5.41, 5.74) is 4.31. The average Bonchev–Trinajstić information content (AvgIpc) is 2.75. The van der Waals surface area contributed by atoms with Gasteiger partial charge in [0.2, 0.25) is 5.88 Å². The van der Waals surface area contributed by atoms with Gasteiger partial charge in [0.15, 0.2) is 0 Å². The largest absolute Gasteiger partial charge is 0.481 e. The molecule has 6 heteroatoms. The lowest BCUT2D eigenvalue weighted by atomic mass is 10.0.